The van der Waals surface area contributed by atoms with E-state index in [-0.39, 0.29) is 5.75 Å². The van der Waals surface area contributed by atoms with Gasteiger partial charge in [-0.15, -0.1) is 0 Å². The van der Waals surface area contributed by atoms with E-state index in [1.165, 1.54) is 19.2 Å². The highest BCUT2D eigenvalue weighted by molar-refractivity contribution is 7.93. The minimum Gasteiger partial charge on any atom is -0.508 e. The Morgan fingerprint density at radius 3 is 2.25 bits per heavy atom. The predicted octanol–water partition coefficient (Wildman–Crippen LogP) is 1.48. The molecule has 0 aliphatic heterocycles. The van der Waals surface area contributed by atoms with Gasteiger partial charge >= 0.3 is 0 Å². The lowest BCUT2D eigenvalue weighted by Gasteiger charge is -2.01. The lowest BCUT2D eigenvalue weighted by molar-refractivity contribution is 0.475. The summed E-state index contributed by atoms with van der Waals surface area (Å²) in [7, 11) is -0.728. The number of rotatable bonds is 1. The van der Waals surface area contributed by atoms with Gasteiger partial charge in [0.05, 0.1) is 9.73 Å². The molecule has 0 aliphatic rings. The van der Waals surface area contributed by atoms with Gasteiger partial charge in [-0.05, 0) is 24.3 Å². The van der Waals surface area contributed by atoms with Gasteiger partial charge < -0.3 is 5.11 Å². The van der Waals surface area contributed by atoms with Gasteiger partial charge in [-0.3, -0.25) is 0 Å². The molecule has 66 valence electrons. The molecule has 0 aliphatic carbocycles. The molecule has 1 rings (SSSR count). The van der Waals surface area contributed by atoms with E-state index in [1.54, 1.807) is 18.4 Å². The molecule has 0 spiro atoms. The first-order valence-electron chi connectivity index (χ1n) is 3.45. The number of hydrogen-bond donors (Lipinski definition) is 1. The fraction of sp³-hybridized carbons (Fsp3) is 0.250. The molecule has 0 saturated heterocycles. The number of phenols is 1. The van der Waals surface area contributed by atoms with Gasteiger partial charge in [-0.2, -0.15) is 0 Å². The van der Waals surface area contributed by atoms with Crippen LogP contribution in [0.15, 0.2) is 33.5 Å². The Bertz CT molecular complexity index is 375. The normalized spacial score (nSPS) is 15.2. The van der Waals surface area contributed by atoms with Crippen LogP contribution in [0.5, 0.6) is 5.75 Å². The highest BCUT2D eigenvalue weighted by Crippen LogP contribution is 2.15. The molecule has 0 bridgehead atoms. The van der Waals surface area contributed by atoms with E-state index >= 15 is 0 Å². The van der Waals surface area contributed by atoms with E-state index in [0.29, 0.717) is 4.90 Å². The summed E-state index contributed by atoms with van der Waals surface area (Å²) >= 11 is 0. The highest BCUT2D eigenvalue weighted by atomic mass is 32.2. The Labute approximate surface area is 72.2 Å². The Morgan fingerprint density at radius 1 is 1.33 bits per heavy atom. The fourth-order valence-electron chi connectivity index (χ4n) is 0.804. The Hall–Kier alpha value is -1.03. The van der Waals surface area contributed by atoms with Crippen molar-refractivity contribution < 1.29 is 9.32 Å². The maximum Gasteiger partial charge on any atom is 0.115 e. The number of hydrogen-bond acceptors (Lipinski definition) is 3. The van der Waals surface area contributed by atoms with E-state index < -0.39 is 9.73 Å². The van der Waals surface area contributed by atoms with Crippen molar-refractivity contribution in [1.29, 1.82) is 0 Å². The average Bonchev–Trinajstić information content (AvgIpc) is 2.05. The molecule has 1 aromatic carbocycles. The lowest BCUT2D eigenvalue weighted by atomic mass is 10.3. The Kier molecular flexibility index (Phi) is 2.38. The summed E-state index contributed by atoms with van der Waals surface area (Å²) in [5.41, 5.74) is 0. The smallest absolute Gasteiger partial charge is 0.115 e. The van der Waals surface area contributed by atoms with E-state index in [1.807, 2.05) is 0 Å². The maximum atomic E-state index is 11.6. The molecule has 0 amide bonds. The SMILES string of the molecule is CN=S(C)(=O)c1ccc(O)cc1. The number of aromatic hydroxyl groups is 1. The molecule has 0 radical (unpaired) electrons. The third kappa shape index (κ3) is 1.76. The molecule has 0 heterocycles. The van der Waals surface area contributed by atoms with Crippen LogP contribution in [0.1, 0.15) is 0 Å². The molecule has 0 fully saturated rings. The van der Waals surface area contributed by atoms with Crippen molar-refractivity contribution in [2.75, 3.05) is 13.3 Å². The molecule has 1 N–H and O–H groups in total. The molecule has 0 aromatic heterocycles. The first-order chi connectivity index (χ1) is 5.56. The second-order valence-electron chi connectivity index (χ2n) is 2.48. The minimum atomic E-state index is -2.25. The fourth-order valence-corrected chi connectivity index (χ4v) is 1.66. The standard InChI is InChI=1S/C8H11NO2S/c1-9-12(2,11)8-5-3-7(10)4-6-8/h3-6,10H,1-2H3. The van der Waals surface area contributed by atoms with Crippen molar-refractivity contribution in [2.24, 2.45) is 4.36 Å². The van der Waals surface area contributed by atoms with Gasteiger partial charge in [0, 0.05) is 18.2 Å². The third-order valence-electron chi connectivity index (χ3n) is 1.62. The largest absolute Gasteiger partial charge is 0.508 e. The van der Waals surface area contributed by atoms with Crippen LogP contribution >= 0.6 is 0 Å². The van der Waals surface area contributed by atoms with E-state index in [9.17, 15) is 4.21 Å². The van der Waals surface area contributed by atoms with Gasteiger partial charge in [-0.25, -0.2) is 8.57 Å². The maximum absolute atomic E-state index is 11.6. The molecule has 3 nitrogen and oxygen atoms in total. The molecular weight excluding hydrogens is 174 g/mol. The molecule has 0 saturated carbocycles. The topological polar surface area (TPSA) is 49.7 Å². The highest BCUT2D eigenvalue weighted by Gasteiger charge is 2.02. The molecule has 1 atom stereocenters. The molecular formula is C8H11NO2S. The van der Waals surface area contributed by atoms with Gasteiger partial charge in [0.25, 0.3) is 0 Å². The van der Waals surface area contributed by atoms with Crippen LogP contribution in [0.25, 0.3) is 0 Å². The molecule has 1 aromatic rings. The van der Waals surface area contributed by atoms with Gasteiger partial charge in [0.2, 0.25) is 0 Å². The summed E-state index contributed by atoms with van der Waals surface area (Å²) in [5, 5.41) is 8.97. The van der Waals surface area contributed by atoms with Crippen molar-refractivity contribution in [3.8, 4) is 5.75 Å². The number of phenolic OH excluding ortho intramolecular Hbond substituents is 1. The Morgan fingerprint density at radius 2 is 1.83 bits per heavy atom. The van der Waals surface area contributed by atoms with Crippen molar-refractivity contribution in [3.63, 3.8) is 0 Å². The van der Waals surface area contributed by atoms with Gasteiger partial charge in [-0.1, -0.05) is 0 Å². The molecule has 4 heteroatoms. The van der Waals surface area contributed by atoms with Crippen LogP contribution < -0.4 is 0 Å². The van der Waals surface area contributed by atoms with Crippen LogP contribution in [0.2, 0.25) is 0 Å². The zero-order valence-electron chi connectivity index (χ0n) is 7.02. The summed E-state index contributed by atoms with van der Waals surface area (Å²) in [4.78, 5) is 0.641. The molecule has 12 heavy (non-hydrogen) atoms. The van der Waals surface area contributed by atoms with Crippen LogP contribution in [0.3, 0.4) is 0 Å². The second kappa shape index (κ2) is 3.15. The zero-order valence-corrected chi connectivity index (χ0v) is 7.84. The summed E-state index contributed by atoms with van der Waals surface area (Å²) in [6.45, 7) is 0. The van der Waals surface area contributed by atoms with Crippen LogP contribution in [0.4, 0.5) is 0 Å². The first-order valence-corrected chi connectivity index (χ1v) is 5.38. The van der Waals surface area contributed by atoms with Gasteiger partial charge in [0.15, 0.2) is 0 Å². The van der Waals surface area contributed by atoms with Crippen LogP contribution in [-0.2, 0) is 9.73 Å². The third-order valence-corrected chi connectivity index (χ3v) is 3.47. The summed E-state index contributed by atoms with van der Waals surface area (Å²) in [6, 6.07) is 6.24. The lowest BCUT2D eigenvalue weighted by Crippen LogP contribution is -1.95. The minimum absolute atomic E-state index is 0.171. The number of benzene rings is 1. The molecule has 1 unspecified atom stereocenters. The van der Waals surface area contributed by atoms with Crippen molar-refractivity contribution in [1.82, 2.24) is 0 Å². The summed E-state index contributed by atoms with van der Waals surface area (Å²) < 4.78 is 15.4. The van der Waals surface area contributed by atoms with Crippen molar-refractivity contribution in [2.45, 2.75) is 4.90 Å². The van der Waals surface area contributed by atoms with Crippen LogP contribution in [-0.4, -0.2) is 22.6 Å². The quantitative estimate of drug-likeness (QED) is 0.720. The average molecular weight is 185 g/mol. The number of nitrogens with zero attached hydrogens (tertiary/aromatic N) is 1. The van der Waals surface area contributed by atoms with Crippen molar-refractivity contribution >= 4 is 9.73 Å². The van der Waals surface area contributed by atoms with Crippen LogP contribution in [0, 0.1) is 0 Å². The summed E-state index contributed by atoms with van der Waals surface area (Å²) in [5.74, 6) is 0.171. The second-order valence-corrected chi connectivity index (χ2v) is 4.92. The Balaban J connectivity index is 3.24. The monoisotopic (exact) mass is 185 g/mol. The van der Waals surface area contributed by atoms with Gasteiger partial charge in [0.1, 0.15) is 5.75 Å². The van der Waals surface area contributed by atoms with Crippen molar-refractivity contribution in [3.05, 3.63) is 24.3 Å². The van der Waals surface area contributed by atoms with E-state index in [0.717, 1.165) is 0 Å². The predicted molar refractivity (Wildman–Crippen MR) is 48.8 cm³/mol. The first kappa shape index (κ1) is 9.06. The van der Waals surface area contributed by atoms with E-state index in [2.05, 4.69) is 4.36 Å². The zero-order chi connectivity index (χ0) is 9.19. The summed E-state index contributed by atoms with van der Waals surface area (Å²) in [6.07, 6.45) is 1.57. The van der Waals surface area contributed by atoms with E-state index in [4.69, 9.17) is 5.11 Å².